The van der Waals surface area contributed by atoms with Gasteiger partial charge in [0.2, 0.25) is 0 Å². The Bertz CT molecular complexity index is 922. The van der Waals surface area contributed by atoms with Crippen LogP contribution in [-0.4, -0.2) is 18.9 Å². The van der Waals surface area contributed by atoms with E-state index in [1.807, 2.05) is 54.6 Å². The van der Waals surface area contributed by atoms with Gasteiger partial charge in [0.15, 0.2) is 0 Å². The van der Waals surface area contributed by atoms with E-state index in [4.69, 9.17) is 4.74 Å². The van der Waals surface area contributed by atoms with Crippen molar-refractivity contribution >= 4 is 17.5 Å². The lowest BCUT2D eigenvalue weighted by molar-refractivity contribution is 0.0949. The first-order chi connectivity index (χ1) is 13.2. The lowest BCUT2D eigenvalue weighted by Crippen LogP contribution is -2.23. The first-order valence-corrected chi connectivity index (χ1v) is 8.54. The van der Waals surface area contributed by atoms with Crippen molar-refractivity contribution in [3.05, 3.63) is 95.6 Å². The Balaban J connectivity index is 1.61. The fourth-order valence-corrected chi connectivity index (χ4v) is 2.62. The Morgan fingerprint density at radius 3 is 2.04 bits per heavy atom. The number of para-hydroxylation sites is 2. The molecule has 0 saturated heterocycles. The van der Waals surface area contributed by atoms with Crippen molar-refractivity contribution < 1.29 is 14.3 Å². The zero-order valence-electron chi connectivity index (χ0n) is 14.9. The van der Waals surface area contributed by atoms with Crippen LogP contribution in [0.25, 0.3) is 0 Å². The van der Waals surface area contributed by atoms with Gasteiger partial charge < -0.3 is 15.4 Å². The molecule has 0 aliphatic rings. The first kappa shape index (κ1) is 18.2. The van der Waals surface area contributed by atoms with Crippen molar-refractivity contribution in [2.75, 3.05) is 12.4 Å². The summed E-state index contributed by atoms with van der Waals surface area (Å²) in [5.41, 5.74) is 2.59. The second-order valence-electron chi connectivity index (χ2n) is 5.89. The summed E-state index contributed by atoms with van der Waals surface area (Å²) in [4.78, 5) is 24.6. The molecular weight excluding hydrogens is 340 g/mol. The quantitative estimate of drug-likeness (QED) is 0.701. The van der Waals surface area contributed by atoms with Gasteiger partial charge in [0.1, 0.15) is 5.75 Å². The number of nitrogens with one attached hydrogen (secondary N) is 2. The second-order valence-corrected chi connectivity index (χ2v) is 5.89. The molecule has 3 aromatic carbocycles. The van der Waals surface area contributed by atoms with Gasteiger partial charge in [-0.25, -0.2) is 0 Å². The van der Waals surface area contributed by atoms with Crippen LogP contribution in [0.15, 0.2) is 78.9 Å². The number of amides is 2. The minimum atomic E-state index is -0.220. The summed E-state index contributed by atoms with van der Waals surface area (Å²) >= 11 is 0. The second kappa shape index (κ2) is 8.67. The maximum absolute atomic E-state index is 12.3. The van der Waals surface area contributed by atoms with Crippen LogP contribution in [0.4, 0.5) is 5.69 Å². The van der Waals surface area contributed by atoms with Crippen molar-refractivity contribution in [2.45, 2.75) is 6.54 Å². The molecule has 5 heteroatoms. The van der Waals surface area contributed by atoms with Gasteiger partial charge in [0.05, 0.1) is 7.11 Å². The van der Waals surface area contributed by atoms with Crippen LogP contribution < -0.4 is 15.4 Å². The highest BCUT2D eigenvalue weighted by atomic mass is 16.5. The van der Waals surface area contributed by atoms with E-state index in [9.17, 15) is 9.59 Å². The van der Waals surface area contributed by atoms with Crippen molar-refractivity contribution in [2.24, 2.45) is 0 Å². The first-order valence-electron chi connectivity index (χ1n) is 8.54. The monoisotopic (exact) mass is 360 g/mol. The van der Waals surface area contributed by atoms with Gasteiger partial charge in [-0.2, -0.15) is 0 Å². The van der Waals surface area contributed by atoms with Crippen LogP contribution in [0, 0.1) is 0 Å². The van der Waals surface area contributed by atoms with Gasteiger partial charge in [-0.05, 0) is 42.5 Å². The van der Waals surface area contributed by atoms with E-state index in [1.165, 1.54) is 0 Å². The van der Waals surface area contributed by atoms with Crippen molar-refractivity contribution in [1.29, 1.82) is 0 Å². The molecule has 0 fully saturated rings. The summed E-state index contributed by atoms with van der Waals surface area (Å²) in [7, 11) is 1.60. The number of anilines is 1. The summed E-state index contributed by atoms with van der Waals surface area (Å²) in [5.74, 6) is 0.295. The zero-order valence-corrected chi connectivity index (χ0v) is 14.9. The minimum Gasteiger partial charge on any atom is -0.496 e. The Labute approximate surface area is 158 Å². The SMILES string of the molecule is COc1ccccc1CNC(=O)c1ccc(C(=O)Nc2ccccc2)cc1. The Hall–Kier alpha value is -3.60. The molecule has 0 aromatic heterocycles. The predicted octanol–water partition coefficient (Wildman–Crippen LogP) is 3.88. The largest absolute Gasteiger partial charge is 0.496 e. The van der Waals surface area contributed by atoms with Gasteiger partial charge in [-0.1, -0.05) is 36.4 Å². The number of hydrogen-bond donors (Lipinski definition) is 2. The van der Waals surface area contributed by atoms with E-state index in [0.29, 0.717) is 17.7 Å². The number of rotatable bonds is 6. The number of carbonyl (C=O) groups excluding carboxylic acids is 2. The molecule has 0 unspecified atom stereocenters. The third kappa shape index (κ3) is 4.73. The Kier molecular flexibility index (Phi) is 5.84. The Morgan fingerprint density at radius 1 is 0.778 bits per heavy atom. The van der Waals surface area contributed by atoms with E-state index >= 15 is 0 Å². The molecule has 136 valence electrons. The number of methoxy groups -OCH3 is 1. The molecule has 2 N–H and O–H groups in total. The number of carbonyl (C=O) groups is 2. The third-order valence-electron chi connectivity index (χ3n) is 4.07. The molecule has 0 spiro atoms. The zero-order chi connectivity index (χ0) is 19.1. The molecule has 0 radical (unpaired) electrons. The fraction of sp³-hybridized carbons (Fsp3) is 0.0909. The van der Waals surface area contributed by atoms with Gasteiger partial charge in [0, 0.05) is 28.9 Å². The third-order valence-corrected chi connectivity index (χ3v) is 4.07. The van der Waals surface area contributed by atoms with Crippen molar-refractivity contribution in [3.63, 3.8) is 0 Å². The van der Waals surface area contributed by atoms with Crippen LogP contribution in [0.5, 0.6) is 5.75 Å². The summed E-state index contributed by atoms with van der Waals surface area (Å²) in [6.07, 6.45) is 0. The van der Waals surface area contributed by atoms with Crippen molar-refractivity contribution in [3.8, 4) is 5.75 Å². The molecule has 3 rings (SSSR count). The molecule has 0 aliphatic heterocycles. The van der Waals surface area contributed by atoms with E-state index in [0.717, 1.165) is 17.0 Å². The minimum absolute atomic E-state index is 0.212. The van der Waals surface area contributed by atoms with Gasteiger partial charge >= 0.3 is 0 Å². The highest BCUT2D eigenvalue weighted by Crippen LogP contribution is 2.17. The molecule has 0 saturated carbocycles. The molecule has 0 aliphatic carbocycles. The standard InChI is InChI=1S/C22H20N2O3/c1-27-20-10-6-5-7-18(20)15-23-21(25)16-11-13-17(14-12-16)22(26)24-19-8-3-2-4-9-19/h2-14H,15H2,1H3,(H,23,25)(H,24,26). The topological polar surface area (TPSA) is 67.4 Å². The lowest BCUT2D eigenvalue weighted by Gasteiger charge is -2.10. The van der Waals surface area contributed by atoms with Gasteiger partial charge in [-0.15, -0.1) is 0 Å². The normalized spacial score (nSPS) is 10.1. The predicted molar refractivity (Wildman–Crippen MR) is 105 cm³/mol. The van der Waals surface area contributed by atoms with Crippen LogP contribution in [-0.2, 0) is 6.54 Å². The van der Waals surface area contributed by atoms with Gasteiger partial charge in [0.25, 0.3) is 11.8 Å². The summed E-state index contributed by atoms with van der Waals surface area (Å²) < 4.78 is 5.28. The number of ether oxygens (including phenoxy) is 1. The van der Waals surface area contributed by atoms with Gasteiger partial charge in [-0.3, -0.25) is 9.59 Å². The fourth-order valence-electron chi connectivity index (χ4n) is 2.62. The molecule has 0 heterocycles. The average Bonchev–Trinajstić information content (AvgIpc) is 2.73. The Morgan fingerprint density at radius 2 is 1.37 bits per heavy atom. The molecule has 2 amide bonds. The lowest BCUT2D eigenvalue weighted by atomic mass is 10.1. The van der Waals surface area contributed by atoms with E-state index in [2.05, 4.69) is 10.6 Å². The van der Waals surface area contributed by atoms with E-state index in [-0.39, 0.29) is 11.8 Å². The van der Waals surface area contributed by atoms with Crippen LogP contribution in [0.2, 0.25) is 0 Å². The molecular formula is C22H20N2O3. The molecule has 5 nitrogen and oxygen atoms in total. The van der Waals surface area contributed by atoms with Crippen LogP contribution in [0.3, 0.4) is 0 Å². The van der Waals surface area contributed by atoms with E-state index in [1.54, 1.807) is 31.4 Å². The van der Waals surface area contributed by atoms with Crippen LogP contribution in [0.1, 0.15) is 26.3 Å². The van der Waals surface area contributed by atoms with Crippen LogP contribution >= 0.6 is 0 Å². The van der Waals surface area contributed by atoms with E-state index < -0.39 is 0 Å². The maximum Gasteiger partial charge on any atom is 0.255 e. The molecule has 27 heavy (non-hydrogen) atoms. The average molecular weight is 360 g/mol. The summed E-state index contributed by atoms with van der Waals surface area (Å²) in [6, 6.07) is 23.3. The molecule has 0 atom stereocenters. The molecule has 3 aromatic rings. The highest BCUT2D eigenvalue weighted by molar-refractivity contribution is 6.05. The smallest absolute Gasteiger partial charge is 0.255 e. The highest BCUT2D eigenvalue weighted by Gasteiger charge is 2.10. The summed E-state index contributed by atoms with van der Waals surface area (Å²) in [5, 5.41) is 5.67. The van der Waals surface area contributed by atoms with Crippen molar-refractivity contribution in [1.82, 2.24) is 5.32 Å². The number of hydrogen-bond acceptors (Lipinski definition) is 3. The molecule has 0 bridgehead atoms. The number of benzene rings is 3. The summed E-state index contributed by atoms with van der Waals surface area (Å²) in [6.45, 7) is 0.360. The maximum atomic E-state index is 12.3.